The third kappa shape index (κ3) is 3.71. The second-order valence-electron chi connectivity index (χ2n) is 2.77. The van der Waals surface area contributed by atoms with Gasteiger partial charge in [-0.3, -0.25) is 4.79 Å². The number of nitrogens with zero attached hydrogens (tertiary/aromatic N) is 1. The minimum atomic E-state index is 0.0128. The monoisotopic (exact) mass is 189 g/mol. The van der Waals surface area contributed by atoms with E-state index in [1.807, 2.05) is 0 Å². The zero-order valence-electron chi connectivity index (χ0n) is 7.57. The molecular weight excluding hydrogens is 174 g/mol. The molecule has 0 aliphatic carbocycles. The second kappa shape index (κ2) is 5.90. The molecule has 0 aromatic heterocycles. The van der Waals surface area contributed by atoms with Crippen LogP contribution in [0.1, 0.15) is 0 Å². The van der Waals surface area contributed by atoms with E-state index in [2.05, 4.69) is 0 Å². The average Bonchev–Trinajstić information content (AvgIpc) is 2.15. The Morgan fingerprint density at radius 2 is 2.38 bits per heavy atom. The molecule has 0 radical (unpaired) electrons. The Kier molecular flexibility index (Phi) is 4.74. The smallest absolute Gasteiger partial charge is 0.248 e. The fourth-order valence-corrected chi connectivity index (χ4v) is 1.13. The Morgan fingerprint density at radius 3 is 3.08 bits per heavy atom. The number of carbonyl (C=O) groups excluding carboxylic acids is 1. The maximum Gasteiger partial charge on any atom is 0.248 e. The first-order chi connectivity index (χ1) is 6.34. The zero-order valence-corrected chi connectivity index (χ0v) is 7.57. The van der Waals surface area contributed by atoms with Crippen LogP contribution in [0.3, 0.4) is 0 Å². The summed E-state index contributed by atoms with van der Waals surface area (Å²) in [5.74, 6) is 0.0128. The average molecular weight is 189 g/mol. The lowest BCUT2D eigenvalue weighted by atomic mass is 10.4. The number of morpholine rings is 1. The molecule has 5 heteroatoms. The number of ether oxygens (including phenoxy) is 2. The molecular formula is C8H15NO4. The molecule has 0 unspecified atom stereocenters. The fourth-order valence-electron chi connectivity index (χ4n) is 1.13. The lowest BCUT2D eigenvalue weighted by Crippen LogP contribution is -2.43. The molecule has 1 fully saturated rings. The van der Waals surface area contributed by atoms with Crippen molar-refractivity contribution < 1.29 is 19.4 Å². The Hall–Kier alpha value is -0.650. The van der Waals surface area contributed by atoms with E-state index in [9.17, 15) is 4.79 Å². The summed E-state index contributed by atoms with van der Waals surface area (Å²) in [4.78, 5) is 12.9. The summed E-state index contributed by atoms with van der Waals surface area (Å²) >= 11 is 0. The van der Waals surface area contributed by atoms with E-state index >= 15 is 0 Å². The van der Waals surface area contributed by atoms with Crippen LogP contribution >= 0.6 is 0 Å². The molecule has 1 aliphatic rings. The van der Waals surface area contributed by atoms with E-state index in [1.54, 1.807) is 4.90 Å². The van der Waals surface area contributed by atoms with Gasteiger partial charge in [-0.1, -0.05) is 0 Å². The van der Waals surface area contributed by atoms with Gasteiger partial charge in [-0.05, 0) is 0 Å². The van der Waals surface area contributed by atoms with Gasteiger partial charge in [0, 0.05) is 13.1 Å². The molecule has 0 atom stereocenters. The molecule has 1 amide bonds. The predicted octanol–water partition coefficient (Wildman–Crippen LogP) is -1.15. The molecule has 0 aromatic rings. The summed E-state index contributed by atoms with van der Waals surface area (Å²) in [5.41, 5.74) is 0. The van der Waals surface area contributed by atoms with E-state index in [4.69, 9.17) is 14.6 Å². The van der Waals surface area contributed by atoms with Gasteiger partial charge in [0.15, 0.2) is 0 Å². The number of amides is 1. The Balaban J connectivity index is 2.08. The lowest BCUT2D eigenvalue weighted by Gasteiger charge is -2.26. The Labute approximate surface area is 77.2 Å². The van der Waals surface area contributed by atoms with E-state index in [0.717, 1.165) is 0 Å². The normalized spacial score (nSPS) is 17.9. The first-order valence-corrected chi connectivity index (χ1v) is 4.38. The quantitative estimate of drug-likeness (QED) is 0.555. The molecule has 0 aromatic carbocycles. The largest absolute Gasteiger partial charge is 0.394 e. The van der Waals surface area contributed by atoms with Crippen LogP contribution in [-0.2, 0) is 14.3 Å². The fraction of sp³-hybridized carbons (Fsp3) is 0.875. The van der Waals surface area contributed by atoms with Crippen molar-refractivity contribution in [1.29, 1.82) is 0 Å². The molecule has 5 nitrogen and oxygen atoms in total. The van der Waals surface area contributed by atoms with Crippen LogP contribution in [0, 0.1) is 0 Å². The van der Waals surface area contributed by atoms with Gasteiger partial charge in [-0.25, -0.2) is 0 Å². The second-order valence-corrected chi connectivity index (χ2v) is 2.77. The van der Waals surface area contributed by atoms with E-state index < -0.39 is 0 Å². The summed E-state index contributed by atoms with van der Waals surface area (Å²) in [6.07, 6.45) is 0. The van der Waals surface area contributed by atoms with E-state index in [0.29, 0.717) is 32.9 Å². The molecule has 1 saturated heterocycles. The molecule has 0 bridgehead atoms. The maximum atomic E-state index is 11.2. The SMILES string of the molecule is O=C1COCCN1CCOCCO. The van der Waals surface area contributed by atoms with Gasteiger partial charge in [0.1, 0.15) is 6.61 Å². The number of carbonyl (C=O) groups is 1. The van der Waals surface area contributed by atoms with Crippen LogP contribution in [0.25, 0.3) is 0 Å². The number of aliphatic hydroxyl groups is 1. The summed E-state index contributed by atoms with van der Waals surface area (Å²) in [5, 5.41) is 8.43. The number of hydrogen-bond donors (Lipinski definition) is 1. The molecule has 0 spiro atoms. The van der Waals surface area contributed by atoms with Crippen LogP contribution in [0.2, 0.25) is 0 Å². The van der Waals surface area contributed by atoms with E-state index in [1.165, 1.54) is 0 Å². The number of aliphatic hydroxyl groups excluding tert-OH is 1. The van der Waals surface area contributed by atoms with Crippen molar-refractivity contribution in [3.63, 3.8) is 0 Å². The van der Waals surface area contributed by atoms with Crippen LogP contribution < -0.4 is 0 Å². The third-order valence-corrected chi connectivity index (χ3v) is 1.82. The van der Waals surface area contributed by atoms with Gasteiger partial charge in [-0.2, -0.15) is 0 Å². The predicted molar refractivity (Wildman–Crippen MR) is 45.3 cm³/mol. The Morgan fingerprint density at radius 1 is 1.54 bits per heavy atom. The van der Waals surface area contributed by atoms with Crippen molar-refractivity contribution in [2.24, 2.45) is 0 Å². The molecule has 0 saturated carbocycles. The van der Waals surface area contributed by atoms with Crippen molar-refractivity contribution in [2.75, 3.05) is 46.1 Å². The van der Waals surface area contributed by atoms with Gasteiger partial charge in [0.05, 0.1) is 26.4 Å². The first-order valence-electron chi connectivity index (χ1n) is 4.38. The first kappa shape index (κ1) is 10.4. The van der Waals surface area contributed by atoms with Crippen molar-refractivity contribution in [1.82, 2.24) is 4.90 Å². The minimum absolute atomic E-state index is 0.0128. The molecule has 76 valence electrons. The lowest BCUT2D eigenvalue weighted by molar-refractivity contribution is -0.143. The molecule has 1 N–H and O–H groups in total. The highest BCUT2D eigenvalue weighted by molar-refractivity contribution is 5.77. The van der Waals surface area contributed by atoms with Crippen LogP contribution in [-0.4, -0.2) is 62.0 Å². The van der Waals surface area contributed by atoms with Gasteiger partial charge in [0.25, 0.3) is 0 Å². The maximum absolute atomic E-state index is 11.2. The van der Waals surface area contributed by atoms with E-state index in [-0.39, 0.29) is 19.1 Å². The van der Waals surface area contributed by atoms with Gasteiger partial charge in [-0.15, -0.1) is 0 Å². The summed E-state index contributed by atoms with van der Waals surface area (Å²) in [6.45, 7) is 2.84. The van der Waals surface area contributed by atoms with Crippen LogP contribution in [0.4, 0.5) is 0 Å². The van der Waals surface area contributed by atoms with Crippen molar-refractivity contribution in [3.05, 3.63) is 0 Å². The topological polar surface area (TPSA) is 59.0 Å². The molecule has 1 heterocycles. The summed E-state index contributed by atoms with van der Waals surface area (Å²) in [7, 11) is 0. The highest BCUT2D eigenvalue weighted by Crippen LogP contribution is 1.97. The molecule has 1 aliphatic heterocycles. The Bertz CT molecular complexity index is 162. The van der Waals surface area contributed by atoms with Gasteiger partial charge in [0.2, 0.25) is 5.91 Å². The molecule has 13 heavy (non-hydrogen) atoms. The van der Waals surface area contributed by atoms with Crippen molar-refractivity contribution >= 4 is 5.91 Å². The molecule has 1 rings (SSSR count). The van der Waals surface area contributed by atoms with Gasteiger partial charge < -0.3 is 19.5 Å². The van der Waals surface area contributed by atoms with Gasteiger partial charge >= 0.3 is 0 Å². The van der Waals surface area contributed by atoms with Crippen molar-refractivity contribution in [3.8, 4) is 0 Å². The highest BCUT2D eigenvalue weighted by atomic mass is 16.5. The number of rotatable bonds is 5. The zero-order chi connectivity index (χ0) is 9.52. The third-order valence-electron chi connectivity index (χ3n) is 1.82. The summed E-state index contributed by atoms with van der Waals surface area (Å²) < 4.78 is 10.0. The summed E-state index contributed by atoms with van der Waals surface area (Å²) in [6, 6.07) is 0. The minimum Gasteiger partial charge on any atom is -0.394 e. The van der Waals surface area contributed by atoms with Crippen LogP contribution in [0.5, 0.6) is 0 Å². The van der Waals surface area contributed by atoms with Crippen LogP contribution in [0.15, 0.2) is 0 Å². The highest BCUT2D eigenvalue weighted by Gasteiger charge is 2.17. The van der Waals surface area contributed by atoms with Crippen molar-refractivity contribution in [2.45, 2.75) is 0 Å². The number of hydrogen-bond acceptors (Lipinski definition) is 4. The standard InChI is InChI=1S/C8H15NO4/c10-3-6-12-4-1-9-2-5-13-7-8(9)11/h10H,1-7H2.